The topological polar surface area (TPSA) is 90.9 Å². The summed E-state index contributed by atoms with van der Waals surface area (Å²) < 4.78 is 67.2. The lowest BCUT2D eigenvalue weighted by Crippen LogP contribution is -2.54. The number of alkyl halides is 4. The smallest absolute Gasteiger partial charge is 0.394 e. The van der Waals surface area contributed by atoms with Gasteiger partial charge in [0.05, 0.1) is 23.4 Å². The molecule has 0 spiro atoms. The second-order valence-corrected chi connectivity index (χ2v) is 11.5. The molecule has 1 aliphatic rings. The Morgan fingerprint density at radius 2 is 2.03 bits per heavy atom. The van der Waals surface area contributed by atoms with Crippen molar-refractivity contribution in [2.45, 2.75) is 30.7 Å². The van der Waals surface area contributed by atoms with E-state index in [1.54, 1.807) is 31.5 Å². The van der Waals surface area contributed by atoms with Gasteiger partial charge in [-0.25, -0.2) is 14.4 Å². The van der Waals surface area contributed by atoms with Crippen LogP contribution < -0.4 is 10.6 Å². The number of para-hydroxylation sites is 1. The van der Waals surface area contributed by atoms with Crippen LogP contribution in [0.4, 0.5) is 23.5 Å². The molecule has 1 fully saturated rings. The van der Waals surface area contributed by atoms with Gasteiger partial charge in [0.25, 0.3) is 0 Å². The normalized spacial score (nSPS) is 21.8. The lowest BCUT2D eigenvalue weighted by Gasteiger charge is -2.43. The van der Waals surface area contributed by atoms with Gasteiger partial charge in [-0.15, -0.1) is 0 Å². The first-order valence-corrected chi connectivity index (χ1v) is 12.2. The number of benzene rings is 1. The van der Waals surface area contributed by atoms with Crippen LogP contribution in [-0.4, -0.2) is 51.7 Å². The van der Waals surface area contributed by atoms with Gasteiger partial charge in [0.15, 0.2) is 0 Å². The summed E-state index contributed by atoms with van der Waals surface area (Å²) in [4.78, 5) is 10.8. The summed E-state index contributed by atoms with van der Waals surface area (Å²) in [6, 6.07) is 4.94. The van der Waals surface area contributed by atoms with Crippen molar-refractivity contribution < 1.29 is 27.2 Å². The van der Waals surface area contributed by atoms with Gasteiger partial charge in [-0.05, 0) is 19.4 Å². The van der Waals surface area contributed by atoms with Crippen LogP contribution in [0.3, 0.4) is 0 Å². The number of hydrogen-bond acceptors (Lipinski definition) is 5. The Hall–Kier alpha value is -2.45. The predicted molar refractivity (Wildman–Crippen MR) is 111 cm³/mol. The third-order valence-corrected chi connectivity index (χ3v) is 7.06. The molecule has 0 unspecified atom stereocenters. The van der Waals surface area contributed by atoms with Crippen LogP contribution >= 0.6 is 7.14 Å². The summed E-state index contributed by atoms with van der Waals surface area (Å²) in [5, 5.41) is 13.4. The summed E-state index contributed by atoms with van der Waals surface area (Å²) in [5.41, 5.74) is -1.73. The van der Waals surface area contributed by atoms with E-state index in [1.165, 1.54) is 6.20 Å². The van der Waals surface area contributed by atoms with Gasteiger partial charge in [0, 0.05) is 41.5 Å². The molecule has 166 valence electrons. The monoisotopic (exact) mass is 456 g/mol. The van der Waals surface area contributed by atoms with Crippen molar-refractivity contribution in [3.05, 3.63) is 36.2 Å². The molecule has 31 heavy (non-hydrogen) atoms. The number of fused-ring (bicyclic) bond motifs is 1. The summed E-state index contributed by atoms with van der Waals surface area (Å²) in [5.74, 6) is -0.133. The third kappa shape index (κ3) is 3.94. The van der Waals surface area contributed by atoms with Gasteiger partial charge in [-0.2, -0.15) is 13.2 Å². The second kappa shape index (κ2) is 7.31. The number of aromatic nitrogens is 3. The first-order valence-electron chi connectivity index (χ1n) is 9.57. The summed E-state index contributed by atoms with van der Waals surface area (Å²) in [7, 11) is -2.69. The minimum absolute atomic E-state index is 0.0158. The van der Waals surface area contributed by atoms with E-state index in [0.29, 0.717) is 22.4 Å². The molecule has 1 aliphatic carbocycles. The van der Waals surface area contributed by atoms with E-state index in [4.69, 9.17) is 0 Å². The number of aromatic amines is 1. The van der Waals surface area contributed by atoms with Crippen LogP contribution in [-0.2, 0) is 10.7 Å². The number of aliphatic hydroxyl groups is 1. The number of nitrogens with one attached hydrogen (secondary N) is 2. The Balaban J connectivity index is 1.86. The molecule has 3 aromatic rings. The third-order valence-electron chi connectivity index (χ3n) is 5.53. The van der Waals surface area contributed by atoms with Gasteiger partial charge in [0.1, 0.15) is 18.9 Å². The molecule has 0 atom stereocenters. The largest absolute Gasteiger partial charge is 0.419 e. The predicted octanol–water partition coefficient (Wildman–Crippen LogP) is 4.17. The molecule has 4 rings (SSSR count). The minimum Gasteiger partial charge on any atom is -0.394 e. The van der Waals surface area contributed by atoms with Crippen molar-refractivity contribution in [3.8, 4) is 11.3 Å². The van der Waals surface area contributed by atoms with E-state index >= 15 is 0 Å². The molecule has 3 N–H and O–H groups in total. The summed E-state index contributed by atoms with van der Waals surface area (Å²) >= 11 is 0. The highest BCUT2D eigenvalue weighted by Gasteiger charge is 2.45. The van der Waals surface area contributed by atoms with E-state index in [0.717, 1.165) is 0 Å². The highest BCUT2D eigenvalue weighted by molar-refractivity contribution is 7.70. The molecule has 1 aromatic carbocycles. The maximum atomic E-state index is 13.7. The number of hydrogen-bond donors (Lipinski definition) is 3. The van der Waals surface area contributed by atoms with Crippen molar-refractivity contribution in [1.82, 2.24) is 15.0 Å². The zero-order valence-corrected chi connectivity index (χ0v) is 17.7. The van der Waals surface area contributed by atoms with Crippen LogP contribution in [0, 0.1) is 0 Å². The lowest BCUT2D eigenvalue weighted by molar-refractivity contribution is -0.137. The second-order valence-electron chi connectivity index (χ2n) is 8.28. The highest BCUT2D eigenvalue weighted by Crippen LogP contribution is 2.42. The van der Waals surface area contributed by atoms with E-state index in [1.807, 2.05) is 0 Å². The van der Waals surface area contributed by atoms with Crippen LogP contribution in [0.25, 0.3) is 22.2 Å². The molecule has 1 saturated carbocycles. The van der Waals surface area contributed by atoms with Crippen LogP contribution in [0.2, 0.25) is 0 Å². The Morgan fingerprint density at radius 3 is 2.61 bits per heavy atom. The van der Waals surface area contributed by atoms with Crippen molar-refractivity contribution in [2.75, 3.05) is 25.3 Å². The molecular weight excluding hydrogens is 435 g/mol. The van der Waals surface area contributed by atoms with Gasteiger partial charge in [0.2, 0.25) is 5.95 Å². The zero-order valence-electron chi connectivity index (χ0n) is 16.8. The van der Waals surface area contributed by atoms with Gasteiger partial charge >= 0.3 is 6.18 Å². The van der Waals surface area contributed by atoms with Crippen molar-refractivity contribution >= 4 is 29.3 Å². The fraction of sp³-hybridized carbons (Fsp3) is 0.400. The zero-order chi connectivity index (χ0) is 22.6. The van der Waals surface area contributed by atoms with Gasteiger partial charge < -0.3 is 20.0 Å². The average Bonchev–Trinajstić information content (AvgIpc) is 3.08. The van der Waals surface area contributed by atoms with Gasteiger partial charge in [-0.1, -0.05) is 12.1 Å². The number of rotatable bonds is 5. The van der Waals surface area contributed by atoms with Crippen molar-refractivity contribution in [3.63, 3.8) is 0 Å². The molecule has 2 heterocycles. The summed E-state index contributed by atoms with van der Waals surface area (Å²) in [6.45, 7) is 2.77. The Morgan fingerprint density at radius 1 is 1.32 bits per heavy atom. The fourth-order valence-corrected chi connectivity index (χ4v) is 5.10. The first kappa shape index (κ1) is 21.8. The van der Waals surface area contributed by atoms with Gasteiger partial charge in [-0.3, -0.25) is 0 Å². The minimum atomic E-state index is -4.71. The van der Waals surface area contributed by atoms with Crippen LogP contribution in [0.15, 0.2) is 30.6 Å². The van der Waals surface area contributed by atoms with Crippen molar-refractivity contribution in [2.24, 2.45) is 0 Å². The van der Waals surface area contributed by atoms with E-state index in [-0.39, 0.29) is 30.0 Å². The molecule has 0 radical (unpaired) electrons. The van der Waals surface area contributed by atoms with Crippen LogP contribution in [0.1, 0.15) is 18.4 Å². The first-order chi connectivity index (χ1) is 14.4. The number of aliphatic hydroxyl groups excluding tert-OH is 1. The van der Waals surface area contributed by atoms with E-state index in [2.05, 4.69) is 20.3 Å². The maximum Gasteiger partial charge on any atom is 0.419 e. The molecule has 6 nitrogen and oxygen atoms in total. The van der Waals surface area contributed by atoms with E-state index < -0.39 is 37.2 Å². The Labute approximate surface area is 175 Å². The quantitative estimate of drug-likeness (QED) is 0.396. The number of nitrogens with zero attached hydrogens (tertiary/aromatic N) is 2. The maximum absolute atomic E-state index is 13.7. The SMILES string of the molecule is CP(C)(=O)c1cccc2c(-c3nc(NC4(CO)CC(F)C4)ncc3C(F)(F)F)c[nH]c12. The molecule has 11 heteroatoms. The molecule has 0 aliphatic heterocycles. The number of H-pyrrole nitrogens is 1. The molecule has 0 amide bonds. The molecule has 0 saturated heterocycles. The Kier molecular flexibility index (Phi) is 5.13. The number of anilines is 1. The van der Waals surface area contributed by atoms with E-state index in [9.17, 15) is 27.2 Å². The van der Waals surface area contributed by atoms with Crippen molar-refractivity contribution in [1.29, 1.82) is 0 Å². The lowest BCUT2D eigenvalue weighted by atomic mass is 9.76. The molecular formula is C20H21F4N4O2P. The molecule has 0 bridgehead atoms. The fourth-order valence-electron chi connectivity index (χ4n) is 3.93. The standard InChI is InChI=1S/C20H21F4N4O2P/c1-31(2,30)15-5-3-4-12-13(8-25-17(12)15)16-14(20(22,23)24)9-26-18(27-16)28-19(10-29)6-11(21)7-19/h3-5,8-9,11,25,29H,6-7,10H2,1-2H3,(H,26,27,28). The van der Waals surface area contributed by atoms with Crippen LogP contribution in [0.5, 0.6) is 0 Å². The molecule has 2 aromatic heterocycles. The average molecular weight is 456 g/mol. The summed E-state index contributed by atoms with van der Waals surface area (Å²) in [6.07, 6.45) is -3.71. The Bertz CT molecular complexity index is 1180. The highest BCUT2D eigenvalue weighted by atomic mass is 31.2. The number of halogens is 4.